The van der Waals surface area contributed by atoms with E-state index in [9.17, 15) is 0 Å². The van der Waals surface area contributed by atoms with E-state index in [1.807, 2.05) is 0 Å². The second kappa shape index (κ2) is 2.30. The van der Waals surface area contributed by atoms with Crippen LogP contribution in [0.2, 0.25) is 0 Å². The van der Waals surface area contributed by atoms with Crippen LogP contribution in [0.1, 0.15) is 25.1 Å². The number of aromatic nitrogens is 3. The monoisotopic (exact) mass is 152 g/mol. The van der Waals surface area contributed by atoms with Crippen molar-refractivity contribution in [1.29, 1.82) is 0 Å². The topological polar surface area (TPSA) is 67.6 Å². The van der Waals surface area contributed by atoms with E-state index in [-0.39, 0.29) is 5.54 Å². The predicted octanol–water partition coefficient (Wildman–Crippen LogP) is 0.229. The molecule has 0 aliphatic heterocycles. The van der Waals surface area contributed by atoms with Gasteiger partial charge in [-0.2, -0.15) is 5.10 Å². The van der Waals surface area contributed by atoms with Gasteiger partial charge in [0.1, 0.15) is 12.2 Å². The lowest BCUT2D eigenvalue weighted by molar-refractivity contribution is 0.243. The Balaban J connectivity index is 2.00. The third-order valence-corrected chi connectivity index (χ3v) is 2.33. The van der Waals surface area contributed by atoms with Crippen molar-refractivity contribution in [2.45, 2.75) is 31.2 Å². The zero-order valence-corrected chi connectivity index (χ0v) is 6.38. The largest absolute Gasteiger partial charge is 0.325 e. The standard InChI is InChI=1S/C7H12N4/c8-7(2-1-3-7)4-6-9-5-10-11-6/h5H,1-4,8H2,(H,9,10,11). The number of nitrogens with two attached hydrogens (primary N) is 1. The molecule has 2 rings (SSSR count). The van der Waals surface area contributed by atoms with Gasteiger partial charge in [0.25, 0.3) is 0 Å². The van der Waals surface area contributed by atoms with E-state index in [1.165, 1.54) is 12.7 Å². The first kappa shape index (κ1) is 6.79. The van der Waals surface area contributed by atoms with Crippen LogP contribution in [-0.2, 0) is 6.42 Å². The lowest BCUT2D eigenvalue weighted by Crippen LogP contribution is -2.48. The number of H-pyrrole nitrogens is 1. The minimum Gasteiger partial charge on any atom is -0.325 e. The molecular weight excluding hydrogens is 140 g/mol. The fourth-order valence-corrected chi connectivity index (χ4v) is 1.46. The number of nitrogens with one attached hydrogen (secondary N) is 1. The molecule has 0 radical (unpaired) electrons. The number of hydrogen-bond donors (Lipinski definition) is 2. The molecule has 0 bridgehead atoms. The molecule has 1 aromatic heterocycles. The molecule has 4 heteroatoms. The number of rotatable bonds is 2. The molecule has 1 saturated carbocycles. The average Bonchev–Trinajstić information content (AvgIpc) is 2.36. The maximum Gasteiger partial charge on any atom is 0.137 e. The van der Waals surface area contributed by atoms with Gasteiger partial charge in [-0.1, -0.05) is 0 Å². The first-order valence-electron chi connectivity index (χ1n) is 3.92. The van der Waals surface area contributed by atoms with Crippen molar-refractivity contribution in [3.8, 4) is 0 Å². The molecule has 1 aliphatic rings. The Kier molecular flexibility index (Phi) is 1.42. The van der Waals surface area contributed by atoms with Gasteiger partial charge in [0.2, 0.25) is 0 Å². The molecule has 0 spiro atoms. The Bertz CT molecular complexity index is 225. The van der Waals surface area contributed by atoms with Crippen LogP contribution in [0.4, 0.5) is 0 Å². The van der Waals surface area contributed by atoms with Gasteiger partial charge in [-0.05, 0) is 19.3 Å². The molecule has 1 aromatic rings. The van der Waals surface area contributed by atoms with Gasteiger partial charge in [0, 0.05) is 12.0 Å². The number of aromatic amines is 1. The third kappa shape index (κ3) is 1.26. The van der Waals surface area contributed by atoms with Crippen molar-refractivity contribution >= 4 is 0 Å². The first-order valence-corrected chi connectivity index (χ1v) is 3.92. The summed E-state index contributed by atoms with van der Waals surface area (Å²) in [4.78, 5) is 4.04. The highest BCUT2D eigenvalue weighted by Gasteiger charge is 2.33. The SMILES string of the molecule is NC1(Cc2ncn[nH]2)CCC1. The Morgan fingerprint density at radius 2 is 2.45 bits per heavy atom. The molecule has 11 heavy (non-hydrogen) atoms. The Labute approximate surface area is 65.2 Å². The summed E-state index contributed by atoms with van der Waals surface area (Å²) in [5, 5.41) is 6.59. The van der Waals surface area contributed by atoms with Crippen molar-refractivity contribution < 1.29 is 0 Å². The summed E-state index contributed by atoms with van der Waals surface area (Å²) in [6, 6.07) is 0. The molecule has 0 atom stereocenters. The predicted molar refractivity (Wildman–Crippen MR) is 40.9 cm³/mol. The maximum absolute atomic E-state index is 6.01. The zero-order valence-electron chi connectivity index (χ0n) is 6.38. The van der Waals surface area contributed by atoms with E-state index in [4.69, 9.17) is 5.73 Å². The van der Waals surface area contributed by atoms with Crippen molar-refractivity contribution in [3.63, 3.8) is 0 Å². The van der Waals surface area contributed by atoms with E-state index in [0.29, 0.717) is 0 Å². The van der Waals surface area contributed by atoms with Crippen molar-refractivity contribution in [2.75, 3.05) is 0 Å². The van der Waals surface area contributed by atoms with Crippen LogP contribution in [0.5, 0.6) is 0 Å². The van der Waals surface area contributed by atoms with Gasteiger partial charge in [0.05, 0.1) is 0 Å². The molecular formula is C7H12N4. The highest BCUT2D eigenvalue weighted by Crippen LogP contribution is 2.31. The Morgan fingerprint density at radius 3 is 2.91 bits per heavy atom. The minimum atomic E-state index is 0.0134. The van der Waals surface area contributed by atoms with E-state index in [1.54, 1.807) is 0 Å². The summed E-state index contributed by atoms with van der Waals surface area (Å²) in [6.45, 7) is 0. The van der Waals surface area contributed by atoms with Crippen molar-refractivity contribution in [2.24, 2.45) is 5.73 Å². The molecule has 0 saturated heterocycles. The summed E-state index contributed by atoms with van der Waals surface area (Å²) in [6.07, 6.45) is 5.86. The third-order valence-electron chi connectivity index (χ3n) is 2.33. The van der Waals surface area contributed by atoms with Crippen molar-refractivity contribution in [3.05, 3.63) is 12.2 Å². The van der Waals surface area contributed by atoms with Crippen LogP contribution in [0.15, 0.2) is 6.33 Å². The lowest BCUT2D eigenvalue weighted by Gasteiger charge is -2.37. The second-order valence-electron chi connectivity index (χ2n) is 3.32. The highest BCUT2D eigenvalue weighted by molar-refractivity contribution is 5.00. The fourth-order valence-electron chi connectivity index (χ4n) is 1.46. The maximum atomic E-state index is 6.01. The van der Waals surface area contributed by atoms with Gasteiger partial charge in [0.15, 0.2) is 0 Å². The molecule has 4 nitrogen and oxygen atoms in total. The zero-order chi connectivity index (χ0) is 7.73. The van der Waals surface area contributed by atoms with E-state index in [2.05, 4.69) is 15.2 Å². The summed E-state index contributed by atoms with van der Waals surface area (Å²) >= 11 is 0. The molecule has 3 N–H and O–H groups in total. The minimum absolute atomic E-state index is 0.0134. The van der Waals surface area contributed by atoms with Gasteiger partial charge < -0.3 is 5.73 Å². The van der Waals surface area contributed by atoms with E-state index < -0.39 is 0 Å². The normalized spacial score (nSPS) is 21.2. The molecule has 1 fully saturated rings. The molecule has 0 aromatic carbocycles. The fraction of sp³-hybridized carbons (Fsp3) is 0.714. The van der Waals surface area contributed by atoms with Crippen LogP contribution in [0, 0.1) is 0 Å². The van der Waals surface area contributed by atoms with Gasteiger partial charge in [-0.15, -0.1) is 0 Å². The average molecular weight is 152 g/mol. The second-order valence-corrected chi connectivity index (χ2v) is 3.32. The molecule has 1 heterocycles. The quantitative estimate of drug-likeness (QED) is 0.637. The van der Waals surface area contributed by atoms with Crippen LogP contribution in [0.3, 0.4) is 0 Å². The number of hydrogen-bond acceptors (Lipinski definition) is 3. The summed E-state index contributed by atoms with van der Waals surface area (Å²) in [5.41, 5.74) is 6.02. The Morgan fingerprint density at radius 1 is 1.64 bits per heavy atom. The first-order chi connectivity index (χ1) is 5.29. The molecule has 0 unspecified atom stereocenters. The summed E-state index contributed by atoms with van der Waals surface area (Å²) in [7, 11) is 0. The van der Waals surface area contributed by atoms with Crippen LogP contribution >= 0.6 is 0 Å². The van der Waals surface area contributed by atoms with Crippen molar-refractivity contribution in [1.82, 2.24) is 15.2 Å². The van der Waals surface area contributed by atoms with E-state index in [0.717, 1.165) is 25.1 Å². The molecule has 0 amide bonds. The highest BCUT2D eigenvalue weighted by atomic mass is 15.2. The molecule has 1 aliphatic carbocycles. The summed E-state index contributed by atoms with van der Waals surface area (Å²) in [5.74, 6) is 0.909. The molecule has 60 valence electrons. The van der Waals surface area contributed by atoms with Gasteiger partial charge >= 0.3 is 0 Å². The van der Waals surface area contributed by atoms with Crippen LogP contribution < -0.4 is 5.73 Å². The smallest absolute Gasteiger partial charge is 0.137 e. The van der Waals surface area contributed by atoms with E-state index >= 15 is 0 Å². The summed E-state index contributed by atoms with van der Waals surface area (Å²) < 4.78 is 0. The van der Waals surface area contributed by atoms with Crippen LogP contribution in [-0.4, -0.2) is 20.7 Å². The van der Waals surface area contributed by atoms with Crippen LogP contribution in [0.25, 0.3) is 0 Å². The Hall–Kier alpha value is -0.900. The number of nitrogens with zero attached hydrogens (tertiary/aromatic N) is 2. The van der Waals surface area contributed by atoms with Gasteiger partial charge in [-0.3, -0.25) is 5.10 Å². The van der Waals surface area contributed by atoms with Gasteiger partial charge in [-0.25, -0.2) is 4.98 Å². The lowest BCUT2D eigenvalue weighted by atomic mass is 9.75.